The first-order valence-electron chi connectivity index (χ1n) is 6.09. The van der Waals surface area contributed by atoms with Gasteiger partial charge in [-0.05, 0) is 25.7 Å². The molecule has 0 aliphatic carbocycles. The van der Waals surface area contributed by atoms with Crippen molar-refractivity contribution < 1.29 is 9.53 Å². The molecule has 0 N–H and O–H groups in total. The van der Waals surface area contributed by atoms with E-state index in [0.717, 1.165) is 38.8 Å². The molecule has 16 heavy (non-hydrogen) atoms. The smallest absolute Gasteiger partial charge is 0.222 e. The molecule has 0 aromatic rings. The lowest BCUT2D eigenvalue weighted by Gasteiger charge is -2.18. The Kier molecular flexibility index (Phi) is 6.36. The Morgan fingerprint density at radius 2 is 2.38 bits per heavy atom. The summed E-state index contributed by atoms with van der Waals surface area (Å²) in [5, 5.41) is 0. The maximum absolute atomic E-state index is 11.8. The third-order valence-corrected chi connectivity index (χ3v) is 3.45. The van der Waals surface area contributed by atoms with E-state index in [-0.39, 0.29) is 5.91 Å². The number of rotatable bonds is 6. The largest absolute Gasteiger partial charge is 0.378 e. The minimum atomic E-state index is 0.239. The molecule has 0 saturated carbocycles. The van der Waals surface area contributed by atoms with E-state index in [1.165, 1.54) is 0 Å². The Bertz CT molecular complexity index is 215. The molecule has 1 amide bonds. The molecule has 0 spiro atoms. The molecule has 1 saturated heterocycles. The van der Waals surface area contributed by atoms with Crippen molar-refractivity contribution in [1.82, 2.24) is 4.90 Å². The fourth-order valence-electron chi connectivity index (χ4n) is 1.84. The van der Waals surface area contributed by atoms with Crippen molar-refractivity contribution in [3.8, 4) is 0 Å². The Morgan fingerprint density at radius 3 is 2.94 bits per heavy atom. The van der Waals surface area contributed by atoms with Crippen molar-refractivity contribution in [2.45, 2.75) is 50.0 Å². The van der Waals surface area contributed by atoms with E-state index in [9.17, 15) is 4.79 Å². The first-order valence-corrected chi connectivity index (χ1v) is 7.01. The fourth-order valence-corrected chi connectivity index (χ4v) is 2.05. The first-order chi connectivity index (χ1) is 7.59. The third kappa shape index (κ3) is 5.30. The van der Waals surface area contributed by atoms with Gasteiger partial charge in [0.1, 0.15) is 0 Å². The van der Waals surface area contributed by atoms with Crippen LogP contribution in [0.1, 0.15) is 39.0 Å². The van der Waals surface area contributed by atoms with Crippen LogP contribution in [0.15, 0.2) is 0 Å². The highest BCUT2D eigenvalue weighted by Gasteiger charge is 2.18. The molecule has 4 heteroatoms. The highest BCUT2D eigenvalue weighted by molar-refractivity contribution is 9.09. The minimum Gasteiger partial charge on any atom is -0.378 e. The van der Waals surface area contributed by atoms with Crippen LogP contribution in [-0.4, -0.2) is 41.9 Å². The number of halogens is 1. The molecule has 3 nitrogen and oxygen atoms in total. The summed E-state index contributed by atoms with van der Waals surface area (Å²) in [5.41, 5.74) is 0. The van der Waals surface area contributed by atoms with Crippen molar-refractivity contribution in [2.75, 3.05) is 20.2 Å². The molecule has 1 aliphatic heterocycles. The summed E-state index contributed by atoms with van der Waals surface area (Å²) in [5.74, 6) is 0.239. The van der Waals surface area contributed by atoms with Crippen molar-refractivity contribution in [2.24, 2.45) is 0 Å². The van der Waals surface area contributed by atoms with Gasteiger partial charge in [0.15, 0.2) is 0 Å². The van der Waals surface area contributed by atoms with E-state index >= 15 is 0 Å². The fraction of sp³-hybridized carbons (Fsp3) is 0.917. The standard InChI is InChI=1S/C12H22BrNO2/c1-10(13)7-8-14(2)12(15)6-5-11-4-3-9-16-11/h10-11H,3-9H2,1-2H3. The summed E-state index contributed by atoms with van der Waals surface area (Å²) in [6.07, 6.45) is 5.10. The lowest BCUT2D eigenvalue weighted by Crippen LogP contribution is -2.29. The van der Waals surface area contributed by atoms with Gasteiger partial charge >= 0.3 is 0 Å². The van der Waals surface area contributed by atoms with Crippen LogP contribution >= 0.6 is 15.9 Å². The van der Waals surface area contributed by atoms with E-state index in [2.05, 4.69) is 22.9 Å². The van der Waals surface area contributed by atoms with Crippen LogP contribution in [0, 0.1) is 0 Å². The number of alkyl halides is 1. The summed E-state index contributed by atoms with van der Waals surface area (Å²) < 4.78 is 5.50. The van der Waals surface area contributed by atoms with Gasteiger partial charge in [0.05, 0.1) is 6.10 Å². The molecule has 0 bridgehead atoms. The van der Waals surface area contributed by atoms with Crippen LogP contribution in [0.25, 0.3) is 0 Å². The van der Waals surface area contributed by atoms with Gasteiger partial charge in [-0.15, -0.1) is 0 Å². The third-order valence-electron chi connectivity index (χ3n) is 2.99. The Labute approximate surface area is 107 Å². The molecule has 1 fully saturated rings. The van der Waals surface area contributed by atoms with Crippen LogP contribution in [0.5, 0.6) is 0 Å². The second kappa shape index (κ2) is 7.28. The molecule has 0 aromatic carbocycles. The van der Waals surface area contributed by atoms with E-state index in [4.69, 9.17) is 4.74 Å². The Morgan fingerprint density at radius 1 is 1.62 bits per heavy atom. The Hall–Kier alpha value is -0.0900. The van der Waals surface area contributed by atoms with E-state index in [0.29, 0.717) is 17.4 Å². The van der Waals surface area contributed by atoms with E-state index in [1.54, 1.807) is 0 Å². The van der Waals surface area contributed by atoms with Gasteiger partial charge in [0.2, 0.25) is 5.91 Å². The van der Waals surface area contributed by atoms with Crippen LogP contribution < -0.4 is 0 Å². The van der Waals surface area contributed by atoms with Crippen molar-refractivity contribution in [3.05, 3.63) is 0 Å². The molecule has 0 aromatic heterocycles. The maximum Gasteiger partial charge on any atom is 0.222 e. The van der Waals surface area contributed by atoms with Gasteiger partial charge < -0.3 is 9.64 Å². The van der Waals surface area contributed by atoms with Gasteiger partial charge in [0.25, 0.3) is 0 Å². The van der Waals surface area contributed by atoms with Gasteiger partial charge in [-0.1, -0.05) is 22.9 Å². The number of amides is 1. The second-order valence-electron chi connectivity index (χ2n) is 4.56. The summed E-state index contributed by atoms with van der Waals surface area (Å²) in [6, 6.07) is 0. The average molecular weight is 292 g/mol. The molecular formula is C12H22BrNO2. The number of carbonyl (C=O) groups excluding carboxylic acids is 1. The number of nitrogens with zero attached hydrogens (tertiary/aromatic N) is 1. The SMILES string of the molecule is CC(Br)CCN(C)C(=O)CCC1CCCO1. The highest BCUT2D eigenvalue weighted by atomic mass is 79.9. The molecule has 1 rings (SSSR count). The normalized spacial score (nSPS) is 22.1. The maximum atomic E-state index is 11.8. The van der Waals surface area contributed by atoms with Crippen molar-refractivity contribution in [1.29, 1.82) is 0 Å². The van der Waals surface area contributed by atoms with Crippen LogP contribution in [0.2, 0.25) is 0 Å². The average Bonchev–Trinajstić information content (AvgIpc) is 2.75. The second-order valence-corrected chi connectivity index (χ2v) is 6.12. The van der Waals surface area contributed by atoms with Gasteiger partial charge in [-0.2, -0.15) is 0 Å². The number of hydrogen-bond acceptors (Lipinski definition) is 2. The number of carbonyl (C=O) groups is 1. The van der Waals surface area contributed by atoms with Gasteiger partial charge in [0, 0.05) is 31.4 Å². The lowest BCUT2D eigenvalue weighted by atomic mass is 10.1. The number of hydrogen-bond donors (Lipinski definition) is 0. The van der Waals surface area contributed by atoms with Gasteiger partial charge in [-0.3, -0.25) is 4.79 Å². The summed E-state index contributed by atoms with van der Waals surface area (Å²) >= 11 is 3.49. The molecule has 1 aliphatic rings. The molecule has 2 unspecified atom stereocenters. The van der Waals surface area contributed by atoms with Crippen LogP contribution in [0.3, 0.4) is 0 Å². The number of ether oxygens (including phenoxy) is 1. The van der Waals surface area contributed by atoms with Crippen LogP contribution in [-0.2, 0) is 9.53 Å². The summed E-state index contributed by atoms with van der Waals surface area (Å²) in [4.78, 5) is 14.1. The lowest BCUT2D eigenvalue weighted by molar-refractivity contribution is -0.130. The van der Waals surface area contributed by atoms with E-state index < -0.39 is 0 Å². The first kappa shape index (κ1) is 14.0. The molecule has 1 heterocycles. The zero-order valence-electron chi connectivity index (χ0n) is 10.2. The zero-order chi connectivity index (χ0) is 12.0. The summed E-state index contributed by atoms with van der Waals surface area (Å²) in [6.45, 7) is 3.80. The van der Waals surface area contributed by atoms with E-state index in [1.807, 2.05) is 11.9 Å². The topological polar surface area (TPSA) is 29.5 Å². The molecule has 94 valence electrons. The highest BCUT2D eigenvalue weighted by Crippen LogP contribution is 2.17. The van der Waals surface area contributed by atoms with Gasteiger partial charge in [-0.25, -0.2) is 0 Å². The summed E-state index contributed by atoms with van der Waals surface area (Å²) in [7, 11) is 1.88. The predicted molar refractivity (Wildman–Crippen MR) is 68.9 cm³/mol. The molecule has 2 atom stereocenters. The minimum absolute atomic E-state index is 0.239. The zero-order valence-corrected chi connectivity index (χ0v) is 11.8. The monoisotopic (exact) mass is 291 g/mol. The molecule has 0 radical (unpaired) electrons. The molecular weight excluding hydrogens is 270 g/mol. The predicted octanol–water partition coefficient (Wildman–Crippen LogP) is 2.58. The van der Waals surface area contributed by atoms with Crippen molar-refractivity contribution >= 4 is 21.8 Å². The van der Waals surface area contributed by atoms with Crippen molar-refractivity contribution in [3.63, 3.8) is 0 Å². The quantitative estimate of drug-likeness (QED) is 0.704. The Balaban J connectivity index is 2.12. The van der Waals surface area contributed by atoms with Crippen LogP contribution in [0.4, 0.5) is 0 Å².